The molecule has 0 aliphatic carbocycles. The molecule has 0 saturated carbocycles. The third-order valence-electron chi connectivity index (χ3n) is 7.52. The summed E-state index contributed by atoms with van der Waals surface area (Å²) in [6.45, 7) is 10.2. The number of hydrogen-bond acceptors (Lipinski definition) is 7. The van der Waals surface area contributed by atoms with Gasteiger partial charge < -0.3 is 24.4 Å². The molecule has 0 spiro atoms. The zero-order valence-corrected chi connectivity index (χ0v) is 26.2. The van der Waals surface area contributed by atoms with Gasteiger partial charge in [0, 0.05) is 31.3 Å². The van der Waals surface area contributed by atoms with Gasteiger partial charge in [-0.25, -0.2) is 12.8 Å². The number of rotatable bonds is 9. The van der Waals surface area contributed by atoms with Gasteiger partial charge in [-0.05, 0) is 95.6 Å². The van der Waals surface area contributed by atoms with Crippen molar-refractivity contribution in [3.63, 3.8) is 0 Å². The highest BCUT2D eigenvalue weighted by molar-refractivity contribution is 7.92. The van der Waals surface area contributed by atoms with Crippen LogP contribution in [-0.2, 0) is 14.8 Å². The summed E-state index contributed by atoms with van der Waals surface area (Å²) in [5, 5.41) is 10.1. The fourth-order valence-electron chi connectivity index (χ4n) is 5.06. The highest BCUT2D eigenvalue weighted by Gasteiger charge is 2.30. The van der Waals surface area contributed by atoms with E-state index in [1.165, 1.54) is 18.2 Å². The van der Waals surface area contributed by atoms with E-state index in [2.05, 4.69) is 23.6 Å². The molecule has 2 aromatic rings. The van der Waals surface area contributed by atoms with Crippen molar-refractivity contribution in [2.24, 2.45) is 5.92 Å². The summed E-state index contributed by atoms with van der Waals surface area (Å²) in [5.74, 6) is -0.638. The number of aliphatic hydroxyl groups is 1. The van der Waals surface area contributed by atoms with Crippen molar-refractivity contribution in [2.75, 3.05) is 44.6 Å². The third-order valence-corrected chi connectivity index (χ3v) is 8.92. The molecular formula is C31H46FN3O6S. The van der Waals surface area contributed by atoms with Crippen molar-refractivity contribution in [3.05, 3.63) is 53.8 Å². The van der Waals surface area contributed by atoms with E-state index in [9.17, 15) is 22.7 Å². The Morgan fingerprint density at radius 2 is 1.88 bits per heavy atom. The van der Waals surface area contributed by atoms with Crippen molar-refractivity contribution in [2.45, 2.75) is 76.5 Å². The number of hydrogen-bond donors (Lipinski definition) is 2. The minimum Gasteiger partial charge on any atom is -0.490 e. The summed E-state index contributed by atoms with van der Waals surface area (Å²) in [5.41, 5.74) is 0.349. The fourth-order valence-corrected chi connectivity index (χ4v) is 6.11. The van der Waals surface area contributed by atoms with Gasteiger partial charge in [0.1, 0.15) is 11.6 Å². The summed E-state index contributed by atoms with van der Waals surface area (Å²) >= 11 is 0. The van der Waals surface area contributed by atoms with E-state index in [1.54, 1.807) is 24.0 Å². The van der Waals surface area contributed by atoms with E-state index in [1.807, 2.05) is 13.8 Å². The first-order valence-corrected chi connectivity index (χ1v) is 16.2. The number of benzene rings is 2. The largest absolute Gasteiger partial charge is 0.490 e. The average molecular weight is 608 g/mol. The molecule has 0 fully saturated rings. The lowest BCUT2D eigenvalue weighted by molar-refractivity contribution is -0.0167. The monoisotopic (exact) mass is 607 g/mol. The molecule has 9 nitrogen and oxygen atoms in total. The number of anilines is 1. The number of ether oxygens (including phenoxy) is 2. The van der Waals surface area contributed by atoms with Gasteiger partial charge in [-0.3, -0.25) is 9.52 Å². The molecule has 3 rings (SSSR count). The Morgan fingerprint density at radius 1 is 1.17 bits per heavy atom. The molecule has 1 aliphatic heterocycles. The van der Waals surface area contributed by atoms with Gasteiger partial charge in [0.15, 0.2) is 0 Å². The Balaban J connectivity index is 2.00. The number of amides is 1. The number of nitrogens with one attached hydrogen (secondary N) is 1. The molecule has 0 unspecified atom stereocenters. The Hall–Kier alpha value is -2.73. The van der Waals surface area contributed by atoms with Crippen LogP contribution < -0.4 is 9.46 Å². The predicted octanol–water partition coefficient (Wildman–Crippen LogP) is 4.76. The molecule has 1 aliphatic rings. The molecule has 42 heavy (non-hydrogen) atoms. The number of aliphatic hydroxyl groups excluding tert-OH is 1. The number of fused-ring (bicyclic) bond motifs is 1. The first-order valence-electron chi connectivity index (χ1n) is 14.8. The fraction of sp³-hybridized carbons (Fsp3) is 0.581. The van der Waals surface area contributed by atoms with Crippen LogP contribution in [0, 0.1) is 11.7 Å². The molecule has 0 saturated heterocycles. The van der Waals surface area contributed by atoms with Gasteiger partial charge in [-0.1, -0.05) is 13.8 Å². The Labute approximate surface area is 250 Å². The Bertz CT molecular complexity index is 1260. The Morgan fingerprint density at radius 3 is 2.55 bits per heavy atom. The van der Waals surface area contributed by atoms with Crippen molar-refractivity contribution in [1.29, 1.82) is 0 Å². The van der Waals surface area contributed by atoms with E-state index in [-0.39, 0.29) is 46.8 Å². The van der Waals surface area contributed by atoms with Crippen molar-refractivity contribution < 1.29 is 32.2 Å². The summed E-state index contributed by atoms with van der Waals surface area (Å²) < 4.78 is 54.5. The second kappa shape index (κ2) is 15.7. The van der Waals surface area contributed by atoms with Gasteiger partial charge in [-0.15, -0.1) is 0 Å². The quantitative estimate of drug-likeness (QED) is 0.423. The van der Waals surface area contributed by atoms with E-state index >= 15 is 0 Å². The molecule has 0 bridgehead atoms. The normalized spacial score (nSPS) is 21.8. The molecular weight excluding hydrogens is 561 g/mol. The lowest BCUT2D eigenvalue weighted by Crippen LogP contribution is -2.47. The molecule has 2 aromatic carbocycles. The molecule has 234 valence electrons. The third kappa shape index (κ3) is 9.39. The number of halogens is 1. The second-order valence-corrected chi connectivity index (χ2v) is 13.0. The minimum absolute atomic E-state index is 0.0475. The SMILES string of the molecule is CCCN(C)C[C@H]1OCCCC[C@@H](C)Oc2ccc(NS(=O)(=O)c3ccc(F)cc3)cc2C(=O)N([C@H](C)CO)C[C@@H]1C. The highest BCUT2D eigenvalue weighted by atomic mass is 32.2. The van der Waals surface area contributed by atoms with Crippen molar-refractivity contribution in [1.82, 2.24) is 9.80 Å². The van der Waals surface area contributed by atoms with Gasteiger partial charge >= 0.3 is 0 Å². The smallest absolute Gasteiger partial charge is 0.261 e. The zero-order chi connectivity index (χ0) is 30.9. The van der Waals surface area contributed by atoms with Gasteiger partial charge in [0.2, 0.25) is 0 Å². The van der Waals surface area contributed by atoms with Crippen LogP contribution in [0.2, 0.25) is 0 Å². The molecule has 1 heterocycles. The minimum atomic E-state index is -4.04. The number of carbonyl (C=O) groups excluding carboxylic acids is 1. The van der Waals surface area contributed by atoms with Crippen molar-refractivity contribution in [3.8, 4) is 5.75 Å². The molecule has 0 aromatic heterocycles. The molecule has 11 heteroatoms. The first kappa shape index (κ1) is 33.8. The van der Waals surface area contributed by atoms with E-state index < -0.39 is 21.9 Å². The van der Waals surface area contributed by atoms with E-state index in [0.29, 0.717) is 18.9 Å². The van der Waals surface area contributed by atoms with Crippen LogP contribution in [0.3, 0.4) is 0 Å². The lowest BCUT2D eigenvalue weighted by atomic mass is 10.0. The Kier molecular flexibility index (Phi) is 12.6. The van der Waals surface area contributed by atoms with E-state index in [4.69, 9.17) is 9.47 Å². The van der Waals surface area contributed by atoms with Gasteiger partial charge in [0.25, 0.3) is 15.9 Å². The van der Waals surface area contributed by atoms with Crippen LogP contribution in [0.4, 0.5) is 10.1 Å². The maximum absolute atomic E-state index is 14.2. The molecule has 4 atom stereocenters. The molecule has 0 radical (unpaired) electrons. The summed E-state index contributed by atoms with van der Waals surface area (Å²) in [6, 6.07) is 8.58. The van der Waals surface area contributed by atoms with Crippen molar-refractivity contribution >= 4 is 21.6 Å². The van der Waals surface area contributed by atoms with Crippen LogP contribution in [0.15, 0.2) is 47.4 Å². The number of carbonyl (C=O) groups is 1. The van der Waals surface area contributed by atoms with Crippen LogP contribution >= 0.6 is 0 Å². The average Bonchev–Trinajstić information content (AvgIpc) is 2.94. The second-order valence-electron chi connectivity index (χ2n) is 11.3. The molecule has 2 N–H and O–H groups in total. The summed E-state index contributed by atoms with van der Waals surface area (Å²) in [4.78, 5) is 17.9. The maximum Gasteiger partial charge on any atom is 0.261 e. The van der Waals surface area contributed by atoms with Crippen LogP contribution in [0.25, 0.3) is 0 Å². The predicted molar refractivity (Wildman–Crippen MR) is 162 cm³/mol. The lowest BCUT2D eigenvalue weighted by Gasteiger charge is -2.35. The van der Waals surface area contributed by atoms with Gasteiger partial charge in [0.05, 0.1) is 35.3 Å². The van der Waals surface area contributed by atoms with Crippen LogP contribution in [0.1, 0.15) is 63.7 Å². The number of nitrogens with zero attached hydrogens (tertiary/aromatic N) is 2. The topological polar surface area (TPSA) is 108 Å². The zero-order valence-electron chi connectivity index (χ0n) is 25.4. The summed E-state index contributed by atoms with van der Waals surface area (Å²) in [7, 11) is -1.98. The van der Waals surface area contributed by atoms with E-state index in [0.717, 1.165) is 50.9 Å². The number of likely N-dealkylation sites (N-methyl/N-ethyl adjacent to an activating group) is 1. The summed E-state index contributed by atoms with van der Waals surface area (Å²) in [6.07, 6.45) is 3.22. The first-order chi connectivity index (χ1) is 19.9. The van der Waals surface area contributed by atoms with Crippen LogP contribution in [0.5, 0.6) is 5.75 Å². The van der Waals surface area contributed by atoms with Gasteiger partial charge in [-0.2, -0.15) is 0 Å². The van der Waals surface area contributed by atoms with Crippen LogP contribution in [-0.4, -0.2) is 87.4 Å². The standard InChI is InChI=1S/C31H46FN3O6S/c1-6-16-34(5)20-30-22(2)19-35(23(3)21-36)31(37)28-18-26(33-42(38,39)27-13-10-25(32)11-14-27)12-15-29(28)41-24(4)9-7-8-17-40-30/h10-15,18,22-24,30,33,36H,6-9,16-17,19-21H2,1-5H3/t22-,23+,24+,30+/m0/s1. The number of sulfonamides is 1. The highest BCUT2D eigenvalue weighted by Crippen LogP contribution is 2.29. The maximum atomic E-state index is 14.2. The molecule has 1 amide bonds.